The van der Waals surface area contributed by atoms with Gasteiger partial charge in [-0.2, -0.15) is 0 Å². The van der Waals surface area contributed by atoms with E-state index in [4.69, 9.17) is 18.9 Å². The first-order valence-electron chi connectivity index (χ1n) is 16.4. The summed E-state index contributed by atoms with van der Waals surface area (Å²) >= 11 is 0. The fourth-order valence-electron chi connectivity index (χ4n) is 7.02. The van der Waals surface area contributed by atoms with E-state index in [1.165, 1.54) is 6.08 Å². The molecule has 0 aliphatic heterocycles. The number of aryl methyl sites for hydroxylation is 2. The zero-order valence-electron chi connectivity index (χ0n) is 27.4. The summed E-state index contributed by atoms with van der Waals surface area (Å²) in [7, 11) is 1.55. The van der Waals surface area contributed by atoms with Gasteiger partial charge in [-0.05, 0) is 115 Å². The summed E-state index contributed by atoms with van der Waals surface area (Å²) in [6, 6.07) is 31.6. The number of esters is 3. The molecular weight excluding hydrogens is 632 g/mol. The highest BCUT2D eigenvalue weighted by Crippen LogP contribution is 2.57. The van der Waals surface area contributed by atoms with Crippen LogP contribution < -0.4 is 18.9 Å². The van der Waals surface area contributed by atoms with Gasteiger partial charge in [0, 0.05) is 22.6 Å². The van der Waals surface area contributed by atoms with E-state index in [1.807, 2.05) is 36.4 Å². The van der Waals surface area contributed by atoms with Crippen molar-refractivity contribution in [3.05, 3.63) is 160 Å². The predicted octanol–water partition coefficient (Wildman–Crippen LogP) is 7.42. The number of fused-ring (bicyclic) bond motifs is 4. The Morgan fingerprint density at radius 3 is 1.76 bits per heavy atom. The fourth-order valence-corrected chi connectivity index (χ4v) is 7.02. The van der Waals surface area contributed by atoms with Gasteiger partial charge in [0.2, 0.25) is 0 Å². The highest BCUT2D eigenvalue weighted by molar-refractivity contribution is 5.93. The maximum absolute atomic E-state index is 13.5. The van der Waals surface area contributed by atoms with E-state index in [2.05, 4.69) is 12.1 Å². The van der Waals surface area contributed by atoms with Crippen LogP contribution in [0.25, 0.3) is 6.08 Å². The number of ether oxygens (including phenoxy) is 4. The van der Waals surface area contributed by atoms with Crippen molar-refractivity contribution >= 4 is 24.0 Å². The van der Waals surface area contributed by atoms with Crippen LogP contribution in [-0.2, 0) is 29.7 Å². The lowest BCUT2D eigenvalue weighted by Crippen LogP contribution is -2.24. The summed E-state index contributed by atoms with van der Waals surface area (Å²) in [6.07, 6.45) is 6.25. The average Bonchev–Trinajstić information content (AvgIpc) is 3.73. The molecule has 0 amide bonds. The molecule has 2 aliphatic rings. The van der Waals surface area contributed by atoms with Gasteiger partial charge in [-0.3, -0.25) is 0 Å². The molecule has 0 aromatic heterocycles. The van der Waals surface area contributed by atoms with E-state index in [0.717, 1.165) is 59.1 Å². The molecule has 1 N–H and O–H groups in total. The first-order chi connectivity index (χ1) is 24.4. The lowest BCUT2D eigenvalue weighted by Gasteiger charge is -2.29. The van der Waals surface area contributed by atoms with Crippen LogP contribution in [0.5, 0.6) is 23.0 Å². The molecule has 8 heteroatoms. The summed E-state index contributed by atoms with van der Waals surface area (Å²) in [4.78, 5) is 39.1. The van der Waals surface area contributed by atoms with Crippen molar-refractivity contribution in [2.45, 2.75) is 37.7 Å². The molecule has 0 heterocycles. The second-order valence-corrected chi connectivity index (χ2v) is 12.3. The number of carbonyl (C=O) groups is 3. The van der Waals surface area contributed by atoms with Gasteiger partial charge in [-0.1, -0.05) is 48.5 Å². The van der Waals surface area contributed by atoms with Crippen LogP contribution in [0, 0.1) is 0 Å². The molecule has 50 heavy (non-hydrogen) atoms. The first-order valence-corrected chi connectivity index (χ1v) is 16.4. The number of methoxy groups -OCH3 is 1. The molecule has 0 saturated heterocycles. The lowest BCUT2D eigenvalue weighted by atomic mass is 9.76. The largest absolute Gasteiger partial charge is 0.497 e. The molecule has 5 aromatic rings. The molecule has 0 bridgehead atoms. The zero-order chi connectivity index (χ0) is 34.7. The predicted molar refractivity (Wildman–Crippen MR) is 187 cm³/mol. The van der Waals surface area contributed by atoms with Crippen LogP contribution in [-0.4, -0.2) is 30.1 Å². The molecule has 0 unspecified atom stereocenters. The summed E-state index contributed by atoms with van der Waals surface area (Å²) in [5, 5.41) is 9.29. The topological polar surface area (TPSA) is 108 Å². The number of hydrogen-bond donors (Lipinski definition) is 1. The molecule has 0 saturated carbocycles. The van der Waals surface area contributed by atoms with Crippen LogP contribution in [0.1, 0.15) is 66.9 Å². The van der Waals surface area contributed by atoms with Crippen molar-refractivity contribution in [3.63, 3.8) is 0 Å². The molecule has 7 rings (SSSR count). The minimum absolute atomic E-state index is 0.0463. The first kappa shape index (κ1) is 32.6. The van der Waals surface area contributed by atoms with Crippen molar-refractivity contribution in [1.29, 1.82) is 0 Å². The summed E-state index contributed by atoms with van der Waals surface area (Å²) in [6.45, 7) is -0.0463. The average molecular weight is 667 g/mol. The standard InChI is InChI=1S/C42H34O8/c1-47-33-17-13-31(14-18-33)40(45)48-34-19-15-32(16-20-34)41(46)50-36-7-3-5-30-23-25-42(39(30)36)24-22-29-4-2-6-35(38(29)42)49-37(44)21-12-27-8-10-28(26-43)11-9-27/h2-21,43H,22-26H2,1H3/t42-/m1/s1. The van der Waals surface area contributed by atoms with Crippen molar-refractivity contribution < 1.29 is 38.4 Å². The van der Waals surface area contributed by atoms with Gasteiger partial charge in [-0.25, -0.2) is 14.4 Å². The summed E-state index contributed by atoms with van der Waals surface area (Å²) < 4.78 is 22.7. The van der Waals surface area contributed by atoms with E-state index in [0.29, 0.717) is 34.1 Å². The van der Waals surface area contributed by atoms with Gasteiger partial charge < -0.3 is 24.1 Å². The molecule has 2 aliphatic carbocycles. The number of carbonyl (C=O) groups excluding carboxylic acids is 3. The van der Waals surface area contributed by atoms with E-state index >= 15 is 0 Å². The minimum atomic E-state index is -0.538. The van der Waals surface area contributed by atoms with Crippen LogP contribution in [0.2, 0.25) is 0 Å². The van der Waals surface area contributed by atoms with Crippen molar-refractivity contribution in [2.24, 2.45) is 0 Å². The number of aliphatic hydroxyl groups is 1. The van der Waals surface area contributed by atoms with Gasteiger partial charge >= 0.3 is 17.9 Å². The van der Waals surface area contributed by atoms with Gasteiger partial charge in [0.05, 0.1) is 24.8 Å². The van der Waals surface area contributed by atoms with Gasteiger partial charge in [-0.15, -0.1) is 0 Å². The third-order valence-corrected chi connectivity index (χ3v) is 9.44. The third kappa shape index (κ3) is 6.41. The maximum Gasteiger partial charge on any atom is 0.343 e. The van der Waals surface area contributed by atoms with Crippen molar-refractivity contribution in [2.75, 3.05) is 7.11 Å². The Labute approximate surface area is 289 Å². The molecule has 8 nitrogen and oxygen atoms in total. The van der Waals surface area contributed by atoms with Crippen LogP contribution >= 0.6 is 0 Å². The third-order valence-electron chi connectivity index (χ3n) is 9.44. The second kappa shape index (κ2) is 13.9. The number of aliphatic hydroxyl groups excluding tert-OH is 1. The fraction of sp³-hybridized carbons (Fsp3) is 0.167. The quantitative estimate of drug-likeness (QED) is 0.0984. The molecule has 250 valence electrons. The Morgan fingerprint density at radius 2 is 1.20 bits per heavy atom. The molecular formula is C42H34O8. The van der Waals surface area contributed by atoms with Crippen molar-refractivity contribution in [3.8, 4) is 23.0 Å². The highest BCUT2D eigenvalue weighted by atomic mass is 16.5. The molecule has 0 fully saturated rings. The Hall–Kier alpha value is -5.99. The smallest absolute Gasteiger partial charge is 0.343 e. The normalized spacial score (nSPS) is 15.8. The second-order valence-electron chi connectivity index (χ2n) is 12.3. The lowest BCUT2D eigenvalue weighted by molar-refractivity contribution is -0.129. The van der Waals surface area contributed by atoms with E-state index in [-0.39, 0.29) is 6.61 Å². The summed E-state index contributed by atoms with van der Waals surface area (Å²) in [5.74, 6) is 0.331. The molecule has 5 aromatic carbocycles. The van der Waals surface area contributed by atoms with Gasteiger partial charge in [0.15, 0.2) is 0 Å². The number of rotatable bonds is 9. The molecule has 1 atom stereocenters. The van der Waals surface area contributed by atoms with E-state index < -0.39 is 23.3 Å². The minimum Gasteiger partial charge on any atom is -0.497 e. The zero-order valence-corrected chi connectivity index (χ0v) is 27.4. The SMILES string of the molecule is COc1ccc(C(=O)Oc2ccc(C(=O)Oc3cccc4c3[C@]3(CCc5cccc(OC(=O)C=Cc6ccc(CO)cc6)c53)CC4)cc2)cc1. The van der Waals surface area contributed by atoms with E-state index in [1.54, 1.807) is 73.8 Å². The van der Waals surface area contributed by atoms with Gasteiger partial charge in [0.25, 0.3) is 0 Å². The maximum atomic E-state index is 13.5. The van der Waals surface area contributed by atoms with Crippen molar-refractivity contribution in [1.82, 2.24) is 0 Å². The Morgan fingerprint density at radius 1 is 0.660 bits per heavy atom. The number of benzene rings is 5. The highest BCUT2D eigenvalue weighted by Gasteiger charge is 2.48. The Balaban J connectivity index is 1.10. The summed E-state index contributed by atoms with van der Waals surface area (Å²) in [5.41, 5.74) is 5.89. The van der Waals surface area contributed by atoms with Gasteiger partial charge in [0.1, 0.15) is 23.0 Å². The Kier molecular flexibility index (Phi) is 9.02. The molecule has 1 spiro atoms. The van der Waals surface area contributed by atoms with E-state index in [9.17, 15) is 19.5 Å². The number of hydrogen-bond acceptors (Lipinski definition) is 8. The monoisotopic (exact) mass is 666 g/mol. The van der Waals surface area contributed by atoms with Crippen LogP contribution in [0.4, 0.5) is 0 Å². The molecule has 0 radical (unpaired) electrons. The van der Waals surface area contributed by atoms with Crippen LogP contribution in [0.15, 0.2) is 115 Å². The Bertz CT molecular complexity index is 2090. The van der Waals surface area contributed by atoms with Crippen LogP contribution in [0.3, 0.4) is 0 Å².